The molecule has 0 spiro atoms. The summed E-state index contributed by atoms with van der Waals surface area (Å²) < 4.78 is 0. The first kappa shape index (κ1) is 11.7. The highest BCUT2D eigenvalue weighted by molar-refractivity contribution is 5.63. The lowest BCUT2D eigenvalue weighted by Gasteiger charge is -2.05. The van der Waals surface area contributed by atoms with E-state index in [0.29, 0.717) is 17.0 Å². The molecule has 0 radical (unpaired) electrons. The fourth-order valence-electron chi connectivity index (χ4n) is 1.54. The summed E-state index contributed by atoms with van der Waals surface area (Å²) in [7, 11) is 0. The number of nitro benzene ring substituents is 1. The minimum atomic E-state index is -0.465. The Hall–Kier alpha value is -2.77. The third kappa shape index (κ3) is 2.17. The molecule has 1 aromatic heterocycles. The van der Waals surface area contributed by atoms with Gasteiger partial charge < -0.3 is 11.5 Å². The van der Waals surface area contributed by atoms with Gasteiger partial charge in [0.2, 0.25) is 11.9 Å². The Kier molecular flexibility index (Phi) is 2.76. The maximum absolute atomic E-state index is 10.6. The van der Waals surface area contributed by atoms with Crippen molar-refractivity contribution in [3.8, 4) is 11.4 Å². The van der Waals surface area contributed by atoms with Crippen molar-refractivity contribution >= 4 is 17.6 Å². The molecule has 0 amide bonds. The molecule has 18 heavy (non-hydrogen) atoms. The average Bonchev–Trinajstić information content (AvgIpc) is 2.27. The summed E-state index contributed by atoms with van der Waals surface area (Å²) in [5, 5.41) is 10.6. The molecule has 4 N–H and O–H groups in total. The second kappa shape index (κ2) is 4.24. The first-order valence-corrected chi connectivity index (χ1v) is 5.00. The summed E-state index contributed by atoms with van der Waals surface area (Å²) in [5.41, 5.74) is 12.2. The van der Waals surface area contributed by atoms with E-state index in [1.54, 1.807) is 13.0 Å². The Labute approximate surface area is 102 Å². The molecule has 92 valence electrons. The first-order chi connectivity index (χ1) is 8.47. The van der Waals surface area contributed by atoms with Crippen molar-refractivity contribution in [2.45, 2.75) is 6.92 Å². The van der Waals surface area contributed by atoms with Gasteiger partial charge in [0.25, 0.3) is 5.69 Å². The number of aromatic nitrogens is 3. The Morgan fingerprint density at radius 2 is 1.78 bits per heavy atom. The molecule has 8 nitrogen and oxygen atoms in total. The lowest BCUT2D eigenvalue weighted by atomic mass is 10.1. The van der Waals surface area contributed by atoms with Gasteiger partial charge in [-0.05, 0) is 18.6 Å². The molecule has 0 aliphatic heterocycles. The van der Waals surface area contributed by atoms with Gasteiger partial charge in [0, 0.05) is 17.7 Å². The monoisotopic (exact) mass is 246 g/mol. The number of rotatable bonds is 2. The largest absolute Gasteiger partial charge is 0.368 e. The average molecular weight is 246 g/mol. The maximum Gasteiger partial charge on any atom is 0.269 e. The Bertz CT molecular complexity index is 608. The van der Waals surface area contributed by atoms with Crippen LogP contribution in [0.3, 0.4) is 0 Å². The molecule has 2 aromatic rings. The zero-order valence-electron chi connectivity index (χ0n) is 9.49. The predicted octanol–water partition coefficient (Wildman–Crippen LogP) is 0.920. The maximum atomic E-state index is 10.6. The van der Waals surface area contributed by atoms with E-state index in [1.807, 2.05) is 0 Å². The Morgan fingerprint density at radius 1 is 1.17 bits per heavy atom. The molecule has 1 heterocycles. The number of nitro groups is 1. The van der Waals surface area contributed by atoms with Gasteiger partial charge in [0.05, 0.1) is 4.92 Å². The smallest absolute Gasteiger partial charge is 0.269 e. The number of hydrogen-bond acceptors (Lipinski definition) is 7. The predicted molar refractivity (Wildman–Crippen MR) is 65.5 cm³/mol. The molecule has 0 aliphatic carbocycles. The number of aryl methyl sites for hydroxylation is 1. The van der Waals surface area contributed by atoms with Crippen LogP contribution in [-0.2, 0) is 0 Å². The van der Waals surface area contributed by atoms with E-state index >= 15 is 0 Å². The Balaban J connectivity index is 2.54. The van der Waals surface area contributed by atoms with Crippen molar-refractivity contribution in [1.82, 2.24) is 15.0 Å². The molecule has 2 rings (SSSR count). The highest BCUT2D eigenvalue weighted by Gasteiger charge is 2.12. The van der Waals surface area contributed by atoms with Crippen LogP contribution in [0.4, 0.5) is 17.6 Å². The summed E-state index contributed by atoms with van der Waals surface area (Å²) in [6.07, 6.45) is 0. The molecule has 8 heteroatoms. The van der Waals surface area contributed by atoms with Crippen LogP contribution in [0, 0.1) is 17.0 Å². The van der Waals surface area contributed by atoms with Crippen molar-refractivity contribution in [1.29, 1.82) is 0 Å². The SMILES string of the molecule is Cc1cc([N+](=O)[O-])ccc1-c1nc(N)nc(N)n1. The number of non-ortho nitro benzene ring substituents is 1. The summed E-state index contributed by atoms with van der Waals surface area (Å²) in [6.45, 7) is 1.72. The van der Waals surface area contributed by atoms with Crippen molar-refractivity contribution in [2.24, 2.45) is 0 Å². The van der Waals surface area contributed by atoms with Gasteiger partial charge in [0.1, 0.15) is 0 Å². The normalized spacial score (nSPS) is 10.3. The number of hydrogen-bond donors (Lipinski definition) is 2. The van der Waals surface area contributed by atoms with Gasteiger partial charge >= 0.3 is 0 Å². The van der Waals surface area contributed by atoms with Crippen LogP contribution >= 0.6 is 0 Å². The van der Waals surface area contributed by atoms with Crippen molar-refractivity contribution in [2.75, 3.05) is 11.5 Å². The van der Waals surface area contributed by atoms with Gasteiger partial charge in [-0.2, -0.15) is 15.0 Å². The third-order valence-corrected chi connectivity index (χ3v) is 2.33. The van der Waals surface area contributed by atoms with Gasteiger partial charge in [0.15, 0.2) is 5.82 Å². The zero-order chi connectivity index (χ0) is 13.3. The lowest BCUT2D eigenvalue weighted by Crippen LogP contribution is -2.04. The molecule has 0 saturated heterocycles. The number of nitrogen functional groups attached to an aromatic ring is 2. The number of benzene rings is 1. The number of nitrogens with two attached hydrogens (primary N) is 2. The third-order valence-electron chi connectivity index (χ3n) is 2.33. The minimum Gasteiger partial charge on any atom is -0.368 e. The van der Waals surface area contributed by atoms with Crippen LogP contribution in [-0.4, -0.2) is 19.9 Å². The second-order valence-corrected chi connectivity index (χ2v) is 3.63. The van der Waals surface area contributed by atoms with E-state index in [0.717, 1.165) is 0 Å². The fraction of sp³-hybridized carbons (Fsp3) is 0.100. The van der Waals surface area contributed by atoms with Crippen LogP contribution in [0.15, 0.2) is 18.2 Å². The number of nitrogens with zero attached hydrogens (tertiary/aromatic N) is 4. The standard InChI is InChI=1S/C10H10N6O2/c1-5-4-6(16(17)18)2-3-7(5)8-13-9(11)15-10(12)14-8/h2-4H,1H3,(H4,11,12,13,14,15). The second-order valence-electron chi connectivity index (χ2n) is 3.63. The molecule has 0 fully saturated rings. The van der Waals surface area contributed by atoms with E-state index in [2.05, 4.69) is 15.0 Å². The summed E-state index contributed by atoms with van der Waals surface area (Å²) in [5.74, 6) is 0.318. The van der Waals surface area contributed by atoms with E-state index in [-0.39, 0.29) is 17.6 Å². The van der Waals surface area contributed by atoms with Crippen molar-refractivity contribution in [3.63, 3.8) is 0 Å². The van der Waals surface area contributed by atoms with E-state index in [4.69, 9.17) is 11.5 Å². The van der Waals surface area contributed by atoms with Crippen LogP contribution < -0.4 is 11.5 Å². The Morgan fingerprint density at radius 3 is 2.28 bits per heavy atom. The summed E-state index contributed by atoms with van der Waals surface area (Å²) >= 11 is 0. The molecular weight excluding hydrogens is 236 g/mol. The molecule has 0 unspecified atom stereocenters. The molecule has 0 atom stereocenters. The van der Waals surface area contributed by atoms with Gasteiger partial charge in [-0.25, -0.2) is 0 Å². The highest BCUT2D eigenvalue weighted by atomic mass is 16.6. The number of anilines is 2. The quantitative estimate of drug-likeness (QED) is 0.594. The molecule has 0 aliphatic rings. The first-order valence-electron chi connectivity index (χ1n) is 5.00. The van der Waals surface area contributed by atoms with Crippen LogP contribution in [0.1, 0.15) is 5.56 Å². The zero-order valence-corrected chi connectivity index (χ0v) is 9.49. The van der Waals surface area contributed by atoms with Gasteiger partial charge in [-0.15, -0.1) is 0 Å². The van der Waals surface area contributed by atoms with Crippen LogP contribution in [0.2, 0.25) is 0 Å². The summed E-state index contributed by atoms with van der Waals surface area (Å²) in [6, 6.07) is 4.37. The molecular formula is C10H10N6O2. The topological polar surface area (TPSA) is 134 Å². The molecule has 0 bridgehead atoms. The molecule has 1 aromatic carbocycles. The highest BCUT2D eigenvalue weighted by Crippen LogP contribution is 2.24. The molecule has 0 saturated carbocycles. The van der Waals surface area contributed by atoms with E-state index in [9.17, 15) is 10.1 Å². The van der Waals surface area contributed by atoms with Crippen LogP contribution in [0.5, 0.6) is 0 Å². The van der Waals surface area contributed by atoms with Gasteiger partial charge in [-0.1, -0.05) is 0 Å². The van der Waals surface area contributed by atoms with Crippen LogP contribution in [0.25, 0.3) is 11.4 Å². The van der Waals surface area contributed by atoms with Crippen molar-refractivity contribution < 1.29 is 4.92 Å². The summed E-state index contributed by atoms with van der Waals surface area (Å²) in [4.78, 5) is 21.7. The van der Waals surface area contributed by atoms with E-state index in [1.165, 1.54) is 12.1 Å². The fourth-order valence-corrected chi connectivity index (χ4v) is 1.54. The van der Waals surface area contributed by atoms with Gasteiger partial charge in [-0.3, -0.25) is 10.1 Å². The minimum absolute atomic E-state index is 0.00579. The van der Waals surface area contributed by atoms with Crippen molar-refractivity contribution in [3.05, 3.63) is 33.9 Å². The van der Waals surface area contributed by atoms with E-state index < -0.39 is 4.92 Å². The lowest BCUT2D eigenvalue weighted by molar-refractivity contribution is -0.384.